The summed E-state index contributed by atoms with van der Waals surface area (Å²) in [5.74, 6) is 0.167. The number of rotatable bonds is 3. The molecule has 180 valence electrons. The van der Waals surface area contributed by atoms with Crippen LogP contribution in [0.4, 0.5) is 10.1 Å². The van der Waals surface area contributed by atoms with Crippen LogP contribution in [0.5, 0.6) is 0 Å². The molecule has 2 aromatic heterocycles. The van der Waals surface area contributed by atoms with Gasteiger partial charge >= 0.3 is 0 Å². The lowest BCUT2D eigenvalue weighted by Gasteiger charge is -2.31. The molecule has 5 nitrogen and oxygen atoms in total. The van der Waals surface area contributed by atoms with Crippen molar-refractivity contribution in [1.29, 1.82) is 0 Å². The summed E-state index contributed by atoms with van der Waals surface area (Å²) in [7, 11) is 0. The smallest absolute Gasteiger partial charge is 0.255 e. The second-order valence-corrected chi connectivity index (χ2v) is 10.8. The third kappa shape index (κ3) is 3.01. The lowest BCUT2D eigenvalue weighted by molar-refractivity contribution is -0.119. The molecule has 0 amide bonds. The highest BCUT2D eigenvalue weighted by Gasteiger charge is 2.37. The van der Waals surface area contributed by atoms with Gasteiger partial charge in [-0.3, -0.25) is 9.59 Å². The molecule has 2 aliphatic carbocycles. The first kappa shape index (κ1) is 21.3. The highest BCUT2D eigenvalue weighted by molar-refractivity contribution is 5.94. The number of benzene rings is 1. The number of nitrogens with zero attached hydrogens (tertiary/aromatic N) is 3. The zero-order valence-electron chi connectivity index (χ0n) is 20.2. The molecule has 4 heterocycles. The zero-order valence-corrected chi connectivity index (χ0v) is 20.2. The summed E-state index contributed by atoms with van der Waals surface area (Å²) in [6.07, 6.45) is 7.67. The van der Waals surface area contributed by atoms with E-state index >= 15 is 4.39 Å². The molecule has 2 aliphatic heterocycles. The average molecular weight is 472 g/mol. The molecule has 0 N–H and O–H groups in total. The number of carbonyl (C=O) groups excluding carboxylic acids is 1. The van der Waals surface area contributed by atoms with Crippen LogP contribution in [-0.2, 0) is 17.8 Å². The predicted molar refractivity (Wildman–Crippen MR) is 135 cm³/mol. The Morgan fingerprint density at radius 2 is 1.83 bits per heavy atom. The van der Waals surface area contributed by atoms with Gasteiger partial charge in [-0.15, -0.1) is 0 Å². The second-order valence-electron chi connectivity index (χ2n) is 10.8. The standard InChI is InChI=1S/C29H30FN3O2/c1-2-17-18-12-25-28-21(15-33(25)29(35)19(18)13-26(17)34)27(16-7-6-8-16)20-11-22(30)24(14-23(20)31-28)32-9-4-3-5-10-32/h11-12,14,16-17H,2-10,13,15H2,1H3. The van der Waals surface area contributed by atoms with Crippen LogP contribution in [0, 0.1) is 5.82 Å². The summed E-state index contributed by atoms with van der Waals surface area (Å²) >= 11 is 0. The molecule has 0 bridgehead atoms. The van der Waals surface area contributed by atoms with Gasteiger partial charge < -0.3 is 9.47 Å². The van der Waals surface area contributed by atoms with Crippen LogP contribution >= 0.6 is 0 Å². The van der Waals surface area contributed by atoms with Gasteiger partial charge in [0.1, 0.15) is 11.6 Å². The van der Waals surface area contributed by atoms with Crippen molar-refractivity contribution in [3.05, 3.63) is 56.6 Å². The monoisotopic (exact) mass is 471 g/mol. The van der Waals surface area contributed by atoms with Gasteiger partial charge in [0.25, 0.3) is 5.56 Å². The number of halogens is 1. The molecular formula is C29H30FN3O2. The third-order valence-corrected chi connectivity index (χ3v) is 8.93. The van der Waals surface area contributed by atoms with Crippen LogP contribution in [0.2, 0.25) is 0 Å². The van der Waals surface area contributed by atoms with E-state index in [1.807, 2.05) is 17.6 Å². The van der Waals surface area contributed by atoms with E-state index in [1.54, 1.807) is 6.07 Å². The molecule has 1 saturated heterocycles. The Morgan fingerprint density at radius 1 is 1.03 bits per heavy atom. The molecule has 1 unspecified atom stereocenters. The summed E-state index contributed by atoms with van der Waals surface area (Å²) in [5, 5.41) is 0.904. The number of piperidine rings is 1. The van der Waals surface area contributed by atoms with Crippen molar-refractivity contribution >= 4 is 22.4 Å². The fraction of sp³-hybridized carbons (Fsp3) is 0.483. The lowest BCUT2D eigenvalue weighted by Crippen LogP contribution is -2.30. The molecule has 35 heavy (non-hydrogen) atoms. The molecule has 0 spiro atoms. The Labute approximate surface area is 204 Å². The van der Waals surface area contributed by atoms with Gasteiger partial charge in [-0.05, 0) is 73.8 Å². The fourth-order valence-corrected chi connectivity index (χ4v) is 6.88. The van der Waals surface area contributed by atoms with Crippen molar-refractivity contribution in [2.75, 3.05) is 18.0 Å². The zero-order chi connectivity index (χ0) is 23.8. The number of hydrogen-bond donors (Lipinski definition) is 0. The Balaban J connectivity index is 1.46. The molecule has 4 aliphatic rings. The van der Waals surface area contributed by atoms with Crippen molar-refractivity contribution < 1.29 is 9.18 Å². The summed E-state index contributed by atoms with van der Waals surface area (Å²) in [6.45, 7) is 4.22. The summed E-state index contributed by atoms with van der Waals surface area (Å²) in [5.41, 5.74) is 6.89. The van der Waals surface area contributed by atoms with Crippen LogP contribution in [0.15, 0.2) is 23.0 Å². The molecule has 0 radical (unpaired) electrons. The average Bonchev–Trinajstić information content (AvgIpc) is 3.36. The van der Waals surface area contributed by atoms with Gasteiger partial charge in [0, 0.05) is 41.9 Å². The van der Waals surface area contributed by atoms with Crippen molar-refractivity contribution in [1.82, 2.24) is 9.55 Å². The Bertz CT molecular complexity index is 1460. The fourth-order valence-electron chi connectivity index (χ4n) is 6.88. The first-order valence-electron chi connectivity index (χ1n) is 13.3. The number of Topliss-reactive ketones (excluding diaryl/α,β-unsaturated/α-hetero) is 1. The van der Waals surface area contributed by atoms with Crippen molar-refractivity contribution in [2.45, 2.75) is 76.7 Å². The molecule has 6 heteroatoms. The molecule has 3 aromatic rings. The van der Waals surface area contributed by atoms with E-state index in [0.717, 1.165) is 72.2 Å². The molecule has 7 rings (SSSR count). The molecule has 1 saturated carbocycles. The molecular weight excluding hydrogens is 441 g/mol. The SMILES string of the molecule is CCC1C(=O)Cc2c1cc1n(c2=O)Cc2c-1nc1cc(N3CCCCC3)c(F)cc1c2C1CCC1. The first-order valence-corrected chi connectivity index (χ1v) is 13.3. The lowest BCUT2D eigenvalue weighted by atomic mass is 9.76. The number of anilines is 1. The minimum Gasteiger partial charge on any atom is -0.369 e. The maximum absolute atomic E-state index is 15.5. The largest absolute Gasteiger partial charge is 0.369 e. The number of hydrogen-bond acceptors (Lipinski definition) is 4. The van der Waals surface area contributed by atoms with Crippen LogP contribution in [-0.4, -0.2) is 28.4 Å². The minimum atomic E-state index is -0.195. The van der Waals surface area contributed by atoms with E-state index in [2.05, 4.69) is 11.0 Å². The molecule has 1 aromatic carbocycles. The maximum atomic E-state index is 15.5. The Morgan fingerprint density at radius 3 is 2.54 bits per heavy atom. The van der Waals surface area contributed by atoms with Crippen LogP contribution in [0.3, 0.4) is 0 Å². The summed E-state index contributed by atoms with van der Waals surface area (Å²) in [4.78, 5) is 33.3. The predicted octanol–water partition coefficient (Wildman–Crippen LogP) is 5.44. The third-order valence-electron chi connectivity index (χ3n) is 8.93. The quantitative estimate of drug-likeness (QED) is 0.399. The van der Waals surface area contributed by atoms with E-state index in [1.165, 1.54) is 18.4 Å². The highest BCUT2D eigenvalue weighted by atomic mass is 19.1. The second kappa shape index (κ2) is 7.74. The number of pyridine rings is 2. The van der Waals surface area contributed by atoms with Gasteiger partial charge in [-0.1, -0.05) is 13.3 Å². The molecule has 1 atom stereocenters. The van der Waals surface area contributed by atoms with E-state index < -0.39 is 0 Å². The summed E-state index contributed by atoms with van der Waals surface area (Å²) in [6, 6.07) is 5.70. The van der Waals surface area contributed by atoms with E-state index in [0.29, 0.717) is 30.1 Å². The van der Waals surface area contributed by atoms with Crippen molar-refractivity contribution in [3.63, 3.8) is 0 Å². The number of carbonyl (C=O) groups is 1. The number of fused-ring (bicyclic) bond motifs is 5. The van der Waals surface area contributed by atoms with E-state index in [4.69, 9.17) is 4.98 Å². The summed E-state index contributed by atoms with van der Waals surface area (Å²) < 4.78 is 17.3. The normalized spacial score (nSPS) is 21.3. The Kier molecular flexibility index (Phi) is 4.71. The maximum Gasteiger partial charge on any atom is 0.255 e. The number of ketones is 1. The van der Waals surface area contributed by atoms with Crippen LogP contribution in [0.1, 0.15) is 86.0 Å². The Hall–Kier alpha value is -3.02. The van der Waals surface area contributed by atoms with Gasteiger partial charge in [-0.25, -0.2) is 9.37 Å². The number of aromatic nitrogens is 2. The van der Waals surface area contributed by atoms with Crippen LogP contribution < -0.4 is 10.5 Å². The van der Waals surface area contributed by atoms with Gasteiger partial charge in [-0.2, -0.15) is 0 Å². The highest BCUT2D eigenvalue weighted by Crippen LogP contribution is 2.47. The topological polar surface area (TPSA) is 55.2 Å². The minimum absolute atomic E-state index is 0.0522. The first-order chi connectivity index (χ1) is 17.0. The van der Waals surface area contributed by atoms with E-state index in [9.17, 15) is 9.59 Å². The van der Waals surface area contributed by atoms with Gasteiger partial charge in [0.2, 0.25) is 0 Å². The van der Waals surface area contributed by atoms with Crippen molar-refractivity contribution in [3.8, 4) is 11.4 Å². The van der Waals surface area contributed by atoms with Gasteiger partial charge in [0.05, 0.1) is 29.1 Å². The molecule has 2 fully saturated rings. The van der Waals surface area contributed by atoms with E-state index in [-0.39, 0.29) is 29.5 Å². The van der Waals surface area contributed by atoms with Crippen molar-refractivity contribution in [2.24, 2.45) is 0 Å². The van der Waals surface area contributed by atoms with Gasteiger partial charge in [0.15, 0.2) is 0 Å². The van der Waals surface area contributed by atoms with Crippen LogP contribution in [0.25, 0.3) is 22.3 Å².